The van der Waals surface area contributed by atoms with Crippen LogP contribution in [0, 0.1) is 6.92 Å². The van der Waals surface area contributed by atoms with Gasteiger partial charge in [0.2, 0.25) is 0 Å². The molecule has 1 aliphatic heterocycles. The number of hydrogen-bond donors (Lipinski definition) is 1. The third kappa shape index (κ3) is 3.77. The average molecular weight is 425 g/mol. The third-order valence-electron chi connectivity index (χ3n) is 5.53. The Balaban J connectivity index is 1.69. The van der Waals surface area contributed by atoms with Gasteiger partial charge in [-0.05, 0) is 50.3 Å². The van der Waals surface area contributed by atoms with E-state index in [1.54, 1.807) is 18.2 Å². The van der Waals surface area contributed by atoms with Crippen molar-refractivity contribution in [3.05, 3.63) is 62.3 Å². The molecular formula is C23H24N2O4S. The van der Waals surface area contributed by atoms with Gasteiger partial charge in [0.05, 0.1) is 5.56 Å². The van der Waals surface area contributed by atoms with Crippen LogP contribution in [0.4, 0.5) is 5.00 Å². The van der Waals surface area contributed by atoms with Crippen molar-refractivity contribution in [2.45, 2.75) is 39.5 Å². The molecule has 0 radical (unpaired) electrons. The van der Waals surface area contributed by atoms with E-state index in [9.17, 15) is 14.4 Å². The molecule has 1 fully saturated rings. The summed E-state index contributed by atoms with van der Waals surface area (Å²) < 4.78 is 5.29. The van der Waals surface area contributed by atoms with E-state index in [2.05, 4.69) is 5.32 Å². The smallest absolute Gasteiger partial charge is 0.349 e. The Morgan fingerprint density at radius 3 is 2.63 bits per heavy atom. The lowest BCUT2D eigenvalue weighted by Gasteiger charge is -2.27. The number of piperidine rings is 1. The average Bonchev–Trinajstić information content (AvgIpc) is 3.07. The second kappa shape index (κ2) is 8.44. The minimum absolute atomic E-state index is 0.0447. The molecule has 0 aliphatic carbocycles. The summed E-state index contributed by atoms with van der Waals surface area (Å²) in [6, 6.07) is 8.58. The lowest BCUT2D eigenvalue weighted by atomic mass is 10.0. The van der Waals surface area contributed by atoms with Crippen LogP contribution in [0.3, 0.4) is 0 Å². The summed E-state index contributed by atoms with van der Waals surface area (Å²) in [6.07, 6.45) is 3.83. The molecule has 0 saturated carbocycles. The number of thiophene rings is 1. The molecular weight excluding hydrogens is 400 g/mol. The Labute approximate surface area is 178 Å². The van der Waals surface area contributed by atoms with E-state index in [1.165, 1.54) is 17.4 Å². The number of nitrogens with one attached hydrogen (secondary N) is 1. The number of benzene rings is 1. The van der Waals surface area contributed by atoms with Crippen molar-refractivity contribution in [1.82, 2.24) is 4.90 Å². The van der Waals surface area contributed by atoms with Crippen molar-refractivity contribution in [2.75, 3.05) is 18.4 Å². The van der Waals surface area contributed by atoms with Gasteiger partial charge in [0, 0.05) is 23.4 Å². The van der Waals surface area contributed by atoms with Gasteiger partial charge in [0.1, 0.15) is 16.1 Å². The molecule has 6 nitrogen and oxygen atoms in total. The number of carbonyl (C=O) groups excluding carboxylic acids is 2. The molecule has 1 N–H and O–H groups in total. The summed E-state index contributed by atoms with van der Waals surface area (Å²) in [5, 5.41) is 3.99. The van der Waals surface area contributed by atoms with Crippen LogP contribution in [0.2, 0.25) is 0 Å². The highest BCUT2D eigenvalue weighted by Crippen LogP contribution is 2.35. The summed E-state index contributed by atoms with van der Waals surface area (Å²) in [6.45, 7) is 5.43. The van der Waals surface area contributed by atoms with Crippen LogP contribution in [-0.4, -0.2) is 29.8 Å². The van der Waals surface area contributed by atoms with E-state index in [-0.39, 0.29) is 11.5 Å². The van der Waals surface area contributed by atoms with Gasteiger partial charge >= 0.3 is 5.63 Å². The summed E-state index contributed by atoms with van der Waals surface area (Å²) in [5.41, 5.74) is 1.17. The van der Waals surface area contributed by atoms with Crippen LogP contribution < -0.4 is 10.9 Å². The topological polar surface area (TPSA) is 79.6 Å². The van der Waals surface area contributed by atoms with Gasteiger partial charge in [-0.2, -0.15) is 0 Å². The fraction of sp³-hybridized carbons (Fsp3) is 0.348. The number of anilines is 1. The quantitative estimate of drug-likeness (QED) is 0.621. The van der Waals surface area contributed by atoms with Crippen molar-refractivity contribution >= 4 is 39.1 Å². The fourth-order valence-corrected chi connectivity index (χ4v) is 5.10. The van der Waals surface area contributed by atoms with Crippen molar-refractivity contribution in [2.24, 2.45) is 0 Å². The lowest BCUT2D eigenvalue weighted by molar-refractivity contribution is 0.0724. The van der Waals surface area contributed by atoms with Gasteiger partial charge in [-0.15, -0.1) is 11.3 Å². The van der Waals surface area contributed by atoms with Gasteiger partial charge < -0.3 is 14.6 Å². The number of amides is 2. The molecule has 0 spiro atoms. The number of rotatable bonds is 4. The molecule has 7 heteroatoms. The molecule has 4 rings (SSSR count). The largest absolute Gasteiger partial charge is 0.422 e. The Morgan fingerprint density at radius 2 is 1.90 bits per heavy atom. The highest BCUT2D eigenvalue weighted by Gasteiger charge is 2.28. The maximum atomic E-state index is 13.3. The SMILES string of the molecule is CCc1c(C)sc(NC(=O)c2cc3ccccc3oc2=O)c1C(=O)N1CCCCC1. The molecule has 0 bridgehead atoms. The first kappa shape index (κ1) is 20.3. The van der Waals surface area contributed by atoms with Crippen molar-refractivity contribution in [3.63, 3.8) is 0 Å². The first-order valence-electron chi connectivity index (χ1n) is 10.3. The standard InChI is InChI=1S/C23H24N2O4S/c1-3-16-14(2)30-21(19(16)22(27)25-11-7-4-8-12-25)24-20(26)17-13-15-9-5-6-10-18(15)29-23(17)28/h5-6,9-10,13H,3-4,7-8,11-12H2,1-2H3,(H,24,26). The maximum absolute atomic E-state index is 13.3. The van der Waals surface area contributed by atoms with Gasteiger partial charge in [-0.25, -0.2) is 4.79 Å². The van der Waals surface area contributed by atoms with Gasteiger partial charge in [-0.1, -0.05) is 25.1 Å². The zero-order chi connectivity index (χ0) is 21.3. The van der Waals surface area contributed by atoms with Crippen LogP contribution in [-0.2, 0) is 6.42 Å². The maximum Gasteiger partial charge on any atom is 0.349 e. The molecule has 30 heavy (non-hydrogen) atoms. The van der Waals surface area contributed by atoms with E-state index in [1.807, 2.05) is 24.8 Å². The monoisotopic (exact) mass is 424 g/mol. The van der Waals surface area contributed by atoms with E-state index in [0.29, 0.717) is 28.0 Å². The molecule has 2 amide bonds. The Hall–Kier alpha value is -2.93. The predicted molar refractivity (Wildman–Crippen MR) is 119 cm³/mol. The van der Waals surface area contributed by atoms with Crippen LogP contribution in [0.15, 0.2) is 39.5 Å². The van der Waals surface area contributed by atoms with Gasteiger partial charge in [0.25, 0.3) is 11.8 Å². The van der Waals surface area contributed by atoms with Crippen LogP contribution in [0.5, 0.6) is 0 Å². The first-order chi connectivity index (χ1) is 14.5. The normalized spacial score (nSPS) is 14.1. The van der Waals surface area contributed by atoms with E-state index in [0.717, 1.165) is 42.8 Å². The Morgan fingerprint density at radius 1 is 1.17 bits per heavy atom. The lowest BCUT2D eigenvalue weighted by Crippen LogP contribution is -2.36. The van der Waals surface area contributed by atoms with Crippen LogP contribution in [0.25, 0.3) is 11.0 Å². The molecule has 0 atom stereocenters. The number of fused-ring (bicyclic) bond motifs is 1. The second-order valence-electron chi connectivity index (χ2n) is 7.49. The van der Waals surface area contributed by atoms with E-state index < -0.39 is 11.5 Å². The van der Waals surface area contributed by atoms with E-state index >= 15 is 0 Å². The minimum Gasteiger partial charge on any atom is -0.422 e. The zero-order valence-corrected chi connectivity index (χ0v) is 17.9. The van der Waals surface area contributed by atoms with Gasteiger partial charge in [0.15, 0.2) is 0 Å². The van der Waals surface area contributed by atoms with Crippen molar-refractivity contribution in [1.29, 1.82) is 0 Å². The predicted octanol–water partition coefficient (Wildman–Crippen LogP) is 4.60. The molecule has 156 valence electrons. The highest BCUT2D eigenvalue weighted by atomic mass is 32.1. The van der Waals surface area contributed by atoms with Crippen molar-refractivity contribution in [3.8, 4) is 0 Å². The summed E-state index contributed by atoms with van der Waals surface area (Å²) in [4.78, 5) is 41.4. The fourth-order valence-electron chi connectivity index (χ4n) is 3.96. The molecule has 2 aromatic heterocycles. The first-order valence-corrected chi connectivity index (χ1v) is 11.1. The number of aryl methyl sites for hydroxylation is 1. The summed E-state index contributed by atoms with van der Waals surface area (Å²) >= 11 is 1.38. The number of likely N-dealkylation sites (tertiary alicyclic amines) is 1. The Kier molecular flexibility index (Phi) is 5.72. The molecule has 1 saturated heterocycles. The minimum atomic E-state index is -0.695. The number of carbonyl (C=O) groups is 2. The summed E-state index contributed by atoms with van der Waals surface area (Å²) in [5.74, 6) is -0.608. The Bertz CT molecular complexity index is 1170. The molecule has 3 heterocycles. The second-order valence-corrected chi connectivity index (χ2v) is 8.71. The number of para-hydroxylation sites is 1. The number of nitrogens with zero attached hydrogens (tertiary/aromatic N) is 1. The van der Waals surface area contributed by atoms with E-state index in [4.69, 9.17) is 4.42 Å². The molecule has 1 aromatic carbocycles. The van der Waals surface area contributed by atoms with Gasteiger partial charge in [-0.3, -0.25) is 9.59 Å². The molecule has 0 unspecified atom stereocenters. The highest BCUT2D eigenvalue weighted by molar-refractivity contribution is 7.16. The number of hydrogen-bond acceptors (Lipinski definition) is 5. The van der Waals surface area contributed by atoms with Crippen LogP contribution in [0.1, 0.15) is 57.3 Å². The van der Waals surface area contributed by atoms with Crippen molar-refractivity contribution < 1.29 is 14.0 Å². The molecule has 3 aromatic rings. The zero-order valence-electron chi connectivity index (χ0n) is 17.1. The van der Waals surface area contributed by atoms with Crippen LogP contribution >= 0.6 is 11.3 Å². The summed E-state index contributed by atoms with van der Waals surface area (Å²) in [7, 11) is 0. The third-order valence-corrected chi connectivity index (χ3v) is 6.60. The molecule has 1 aliphatic rings.